The Morgan fingerprint density at radius 2 is 2.00 bits per heavy atom. The molecule has 108 valence electrons. The molecule has 0 bridgehead atoms. The number of imidazole rings is 1. The third-order valence-electron chi connectivity index (χ3n) is 3.70. The van der Waals surface area contributed by atoms with Crippen LogP contribution >= 0.6 is 0 Å². The van der Waals surface area contributed by atoms with E-state index in [0.717, 1.165) is 25.0 Å². The van der Waals surface area contributed by atoms with Crippen LogP contribution < -0.4 is 0 Å². The van der Waals surface area contributed by atoms with Crippen LogP contribution in [0.3, 0.4) is 0 Å². The summed E-state index contributed by atoms with van der Waals surface area (Å²) in [4.78, 5) is 12.2. The maximum Gasteiger partial charge on any atom is 0.161 e. The topological polar surface area (TPSA) is 67.4 Å². The number of halogens is 2. The lowest BCUT2D eigenvalue weighted by atomic mass is 10.2. The van der Waals surface area contributed by atoms with Gasteiger partial charge < -0.3 is 4.57 Å². The van der Waals surface area contributed by atoms with E-state index in [0.29, 0.717) is 22.4 Å². The summed E-state index contributed by atoms with van der Waals surface area (Å²) in [6.45, 7) is 0. The molecule has 5 nitrogen and oxygen atoms in total. The van der Waals surface area contributed by atoms with E-state index < -0.39 is 11.6 Å². The zero-order chi connectivity index (χ0) is 15.3. The Balaban J connectivity index is 2.06. The van der Waals surface area contributed by atoms with Crippen molar-refractivity contribution in [1.82, 2.24) is 19.5 Å². The van der Waals surface area contributed by atoms with Crippen LogP contribution in [0.25, 0.3) is 22.4 Å². The molecule has 0 aliphatic heterocycles. The molecule has 0 radical (unpaired) electrons. The molecule has 0 saturated heterocycles. The van der Waals surface area contributed by atoms with Crippen molar-refractivity contribution >= 4 is 11.0 Å². The normalized spacial score (nSPS) is 14.2. The predicted molar refractivity (Wildman–Crippen MR) is 73.7 cm³/mol. The number of hydrogen-bond donors (Lipinski definition) is 0. The van der Waals surface area contributed by atoms with E-state index in [2.05, 4.69) is 15.0 Å². The average molecular weight is 297 g/mol. The third kappa shape index (κ3) is 1.84. The fourth-order valence-electron chi connectivity index (χ4n) is 2.57. The van der Waals surface area contributed by atoms with Gasteiger partial charge in [-0.05, 0) is 12.8 Å². The number of nitrogens with zero attached hydrogens (tertiary/aromatic N) is 5. The quantitative estimate of drug-likeness (QED) is 0.729. The van der Waals surface area contributed by atoms with Gasteiger partial charge >= 0.3 is 0 Å². The third-order valence-corrected chi connectivity index (χ3v) is 3.70. The molecule has 4 rings (SSSR count). The van der Waals surface area contributed by atoms with E-state index >= 15 is 0 Å². The molecule has 0 atom stereocenters. The van der Waals surface area contributed by atoms with Gasteiger partial charge in [-0.3, -0.25) is 0 Å². The molecule has 1 aliphatic carbocycles. The molecule has 1 fully saturated rings. The van der Waals surface area contributed by atoms with Crippen molar-refractivity contribution in [3.8, 4) is 17.5 Å². The first-order valence-corrected chi connectivity index (χ1v) is 6.76. The number of rotatable bonds is 2. The Bertz CT molecular complexity index is 937. The monoisotopic (exact) mass is 297 g/mol. The zero-order valence-corrected chi connectivity index (χ0v) is 11.3. The number of hydrogen-bond acceptors (Lipinski definition) is 4. The standard InChI is InChI=1S/C15H9F2N5/c16-10-3-12-14(4-11(10)17)22(8-1-2-8)15(21-12)9-6-19-7-20-13(9)5-18/h3-4,6-8H,1-2H2. The lowest BCUT2D eigenvalue weighted by Crippen LogP contribution is -2.01. The summed E-state index contributed by atoms with van der Waals surface area (Å²) in [5.74, 6) is -1.38. The molecule has 2 aromatic heterocycles. The van der Waals surface area contributed by atoms with Gasteiger partial charge in [-0.2, -0.15) is 5.26 Å². The molecule has 1 aromatic carbocycles. The Morgan fingerprint density at radius 1 is 1.23 bits per heavy atom. The molecule has 2 heterocycles. The van der Waals surface area contributed by atoms with Gasteiger partial charge in [0.25, 0.3) is 0 Å². The first kappa shape index (κ1) is 12.8. The number of nitriles is 1. The van der Waals surface area contributed by atoms with Crippen molar-refractivity contribution < 1.29 is 8.78 Å². The SMILES string of the molecule is N#Cc1ncncc1-c1nc2cc(F)c(F)cc2n1C1CC1. The van der Waals surface area contributed by atoms with Crippen LogP contribution in [0.15, 0.2) is 24.7 Å². The summed E-state index contributed by atoms with van der Waals surface area (Å²) >= 11 is 0. The molecular formula is C15H9F2N5. The lowest BCUT2D eigenvalue weighted by Gasteiger charge is -2.08. The van der Waals surface area contributed by atoms with Crippen molar-refractivity contribution in [3.63, 3.8) is 0 Å². The highest BCUT2D eigenvalue weighted by molar-refractivity contribution is 5.82. The maximum atomic E-state index is 13.6. The first-order valence-electron chi connectivity index (χ1n) is 6.76. The first-order chi connectivity index (χ1) is 10.7. The molecule has 0 unspecified atom stereocenters. The molecule has 0 N–H and O–H groups in total. The van der Waals surface area contributed by atoms with Gasteiger partial charge in [0.1, 0.15) is 18.2 Å². The second kappa shape index (κ2) is 4.56. The summed E-state index contributed by atoms with van der Waals surface area (Å²) < 4.78 is 28.9. The summed E-state index contributed by atoms with van der Waals surface area (Å²) in [7, 11) is 0. The summed E-state index contributed by atoms with van der Waals surface area (Å²) in [6, 6.07) is 4.39. The minimum atomic E-state index is -0.940. The highest BCUT2D eigenvalue weighted by Gasteiger charge is 2.30. The minimum Gasteiger partial charge on any atom is -0.321 e. The van der Waals surface area contributed by atoms with Crippen molar-refractivity contribution in [2.45, 2.75) is 18.9 Å². The van der Waals surface area contributed by atoms with Crippen LogP contribution in [-0.4, -0.2) is 19.5 Å². The van der Waals surface area contributed by atoms with E-state index in [1.807, 2.05) is 10.6 Å². The van der Waals surface area contributed by atoms with Crippen molar-refractivity contribution in [3.05, 3.63) is 42.0 Å². The summed E-state index contributed by atoms with van der Waals surface area (Å²) in [5.41, 5.74) is 1.53. The highest BCUT2D eigenvalue weighted by Crippen LogP contribution is 2.41. The fraction of sp³-hybridized carbons (Fsp3) is 0.200. The Labute approximate surface area is 123 Å². The largest absolute Gasteiger partial charge is 0.321 e. The minimum absolute atomic E-state index is 0.177. The highest BCUT2D eigenvalue weighted by atomic mass is 19.2. The average Bonchev–Trinajstić information content (AvgIpc) is 3.30. The number of benzene rings is 1. The Hall–Kier alpha value is -2.88. The number of aromatic nitrogens is 4. The van der Waals surface area contributed by atoms with E-state index in [-0.39, 0.29) is 11.7 Å². The van der Waals surface area contributed by atoms with Gasteiger partial charge in [-0.1, -0.05) is 0 Å². The second-order valence-electron chi connectivity index (χ2n) is 5.19. The van der Waals surface area contributed by atoms with Crippen molar-refractivity contribution in [2.24, 2.45) is 0 Å². The van der Waals surface area contributed by atoms with Crippen LogP contribution in [-0.2, 0) is 0 Å². The molecule has 22 heavy (non-hydrogen) atoms. The molecule has 1 aliphatic rings. The van der Waals surface area contributed by atoms with Crippen LogP contribution in [0.1, 0.15) is 24.6 Å². The van der Waals surface area contributed by atoms with Gasteiger partial charge in [0, 0.05) is 24.4 Å². The van der Waals surface area contributed by atoms with Crippen molar-refractivity contribution in [2.75, 3.05) is 0 Å². The Kier molecular flexibility index (Phi) is 2.66. The van der Waals surface area contributed by atoms with Crippen LogP contribution in [0.4, 0.5) is 8.78 Å². The van der Waals surface area contributed by atoms with Gasteiger partial charge in [0.15, 0.2) is 17.3 Å². The van der Waals surface area contributed by atoms with Crippen molar-refractivity contribution in [1.29, 1.82) is 5.26 Å². The van der Waals surface area contributed by atoms with E-state index in [1.165, 1.54) is 12.5 Å². The molecule has 0 amide bonds. The molecule has 7 heteroatoms. The van der Waals surface area contributed by atoms with E-state index in [4.69, 9.17) is 0 Å². The summed E-state index contributed by atoms with van der Waals surface area (Å²) in [6.07, 6.45) is 4.66. The van der Waals surface area contributed by atoms with Crippen LogP contribution in [0.2, 0.25) is 0 Å². The van der Waals surface area contributed by atoms with Crippen LogP contribution in [0.5, 0.6) is 0 Å². The Morgan fingerprint density at radius 3 is 2.73 bits per heavy atom. The second-order valence-corrected chi connectivity index (χ2v) is 5.19. The smallest absolute Gasteiger partial charge is 0.161 e. The molecule has 3 aromatic rings. The fourth-order valence-corrected chi connectivity index (χ4v) is 2.57. The lowest BCUT2D eigenvalue weighted by molar-refractivity contribution is 0.510. The van der Waals surface area contributed by atoms with E-state index in [9.17, 15) is 14.0 Å². The van der Waals surface area contributed by atoms with Gasteiger partial charge in [-0.25, -0.2) is 23.7 Å². The molecular weight excluding hydrogens is 288 g/mol. The maximum absolute atomic E-state index is 13.6. The van der Waals surface area contributed by atoms with Crippen LogP contribution in [0, 0.1) is 23.0 Å². The summed E-state index contributed by atoms with van der Waals surface area (Å²) in [5, 5.41) is 9.19. The van der Waals surface area contributed by atoms with E-state index in [1.54, 1.807) is 0 Å². The predicted octanol–water partition coefficient (Wildman–Crippen LogP) is 2.98. The number of fused-ring (bicyclic) bond motifs is 1. The molecule has 0 spiro atoms. The zero-order valence-electron chi connectivity index (χ0n) is 11.3. The van der Waals surface area contributed by atoms with Gasteiger partial charge in [0.05, 0.1) is 16.6 Å². The van der Waals surface area contributed by atoms with Gasteiger partial charge in [-0.15, -0.1) is 0 Å². The van der Waals surface area contributed by atoms with Gasteiger partial charge in [0.2, 0.25) is 0 Å². The molecule has 1 saturated carbocycles.